The molecule has 114 valence electrons. The molecule has 0 fully saturated rings. The van der Waals surface area contributed by atoms with Crippen LogP contribution in [0.25, 0.3) is 5.95 Å². The van der Waals surface area contributed by atoms with Gasteiger partial charge in [-0.1, -0.05) is 11.6 Å². The van der Waals surface area contributed by atoms with Crippen LogP contribution in [0.15, 0.2) is 0 Å². The van der Waals surface area contributed by atoms with Crippen LogP contribution in [-0.2, 0) is 0 Å². The fourth-order valence-electron chi connectivity index (χ4n) is 1.76. The average molecular weight is 311 g/mol. The summed E-state index contributed by atoms with van der Waals surface area (Å²) in [6.45, 7) is 10.2. The van der Waals surface area contributed by atoms with E-state index in [4.69, 9.17) is 16.3 Å². The molecule has 0 bridgehead atoms. The van der Waals surface area contributed by atoms with E-state index in [1.165, 1.54) is 0 Å². The summed E-state index contributed by atoms with van der Waals surface area (Å²) in [5.74, 6) is 0.825. The maximum atomic E-state index is 6.17. The highest BCUT2D eigenvalue weighted by Crippen LogP contribution is 2.22. The molecule has 1 N–H and O–H groups in total. The van der Waals surface area contributed by atoms with E-state index in [0.29, 0.717) is 23.5 Å². The van der Waals surface area contributed by atoms with Crippen LogP contribution in [0.1, 0.15) is 32.2 Å². The van der Waals surface area contributed by atoms with Gasteiger partial charge in [0.05, 0.1) is 22.5 Å². The van der Waals surface area contributed by atoms with Gasteiger partial charge in [-0.2, -0.15) is 20.1 Å². The first kappa shape index (κ1) is 15.5. The molecule has 0 saturated carbocycles. The van der Waals surface area contributed by atoms with Crippen LogP contribution in [-0.4, -0.2) is 37.4 Å². The van der Waals surface area contributed by atoms with Crippen LogP contribution in [0.5, 0.6) is 6.01 Å². The summed E-state index contributed by atoms with van der Waals surface area (Å²) in [4.78, 5) is 12.9. The van der Waals surface area contributed by atoms with Crippen molar-refractivity contribution in [3.63, 3.8) is 0 Å². The Kier molecular flexibility index (Phi) is 4.62. The molecule has 0 aliphatic carbocycles. The monoisotopic (exact) mass is 310 g/mol. The van der Waals surface area contributed by atoms with Crippen molar-refractivity contribution in [2.45, 2.75) is 40.7 Å². The van der Waals surface area contributed by atoms with Crippen molar-refractivity contribution in [3.8, 4) is 12.0 Å². The molecule has 21 heavy (non-hydrogen) atoms. The lowest BCUT2D eigenvalue weighted by Gasteiger charge is -2.11. The number of nitrogens with one attached hydrogen (secondary N) is 1. The first-order valence-corrected chi connectivity index (χ1v) is 7.18. The highest BCUT2D eigenvalue weighted by molar-refractivity contribution is 6.31. The molecular formula is C13H19ClN6O. The minimum absolute atomic E-state index is 0.0289. The Bertz CT molecular complexity index is 640. The molecule has 2 rings (SSSR count). The van der Waals surface area contributed by atoms with Crippen molar-refractivity contribution >= 4 is 17.5 Å². The van der Waals surface area contributed by atoms with Gasteiger partial charge in [-0.25, -0.2) is 4.68 Å². The van der Waals surface area contributed by atoms with E-state index < -0.39 is 0 Å². The number of nitrogens with zero attached hydrogens (tertiary/aromatic N) is 5. The summed E-state index contributed by atoms with van der Waals surface area (Å²) in [6, 6.07) is 0.259. The lowest BCUT2D eigenvalue weighted by Crippen LogP contribution is -2.15. The summed E-state index contributed by atoms with van der Waals surface area (Å²) in [5.41, 5.74) is 1.50. The minimum atomic E-state index is -0.0289. The topological polar surface area (TPSA) is 77.8 Å². The van der Waals surface area contributed by atoms with Crippen molar-refractivity contribution in [1.29, 1.82) is 0 Å². The third kappa shape index (κ3) is 3.41. The maximum Gasteiger partial charge on any atom is 0.323 e. The number of rotatable bonds is 5. The van der Waals surface area contributed by atoms with Crippen molar-refractivity contribution in [2.75, 3.05) is 11.9 Å². The Morgan fingerprint density at radius 3 is 2.48 bits per heavy atom. The Hall–Kier alpha value is -1.89. The quantitative estimate of drug-likeness (QED) is 0.914. The molecule has 0 unspecified atom stereocenters. The van der Waals surface area contributed by atoms with Gasteiger partial charge in [-0.3, -0.25) is 0 Å². The van der Waals surface area contributed by atoms with Crippen LogP contribution < -0.4 is 10.1 Å². The van der Waals surface area contributed by atoms with E-state index >= 15 is 0 Å². The standard InChI is InChI=1S/C13H19ClN6O/c1-6-15-11-16-12(18-13(17-11)21-7(2)3)20-9(5)10(14)8(4)19-20/h7H,6H2,1-5H3,(H,15,16,17,18). The number of hydrogen-bond donors (Lipinski definition) is 1. The second-order valence-corrected chi connectivity index (χ2v) is 5.21. The van der Waals surface area contributed by atoms with Gasteiger partial charge in [-0.15, -0.1) is 0 Å². The van der Waals surface area contributed by atoms with Gasteiger partial charge in [0.1, 0.15) is 0 Å². The maximum absolute atomic E-state index is 6.17. The molecule has 8 heteroatoms. The Labute approximate surface area is 128 Å². The van der Waals surface area contributed by atoms with Gasteiger partial charge >= 0.3 is 6.01 Å². The van der Waals surface area contributed by atoms with Gasteiger partial charge in [0.2, 0.25) is 5.95 Å². The molecule has 2 aromatic heterocycles. The first-order valence-electron chi connectivity index (χ1n) is 6.81. The normalized spacial score (nSPS) is 11.0. The van der Waals surface area contributed by atoms with E-state index in [0.717, 1.165) is 11.4 Å². The molecule has 0 aliphatic heterocycles. The van der Waals surface area contributed by atoms with Crippen molar-refractivity contribution < 1.29 is 4.74 Å². The zero-order valence-electron chi connectivity index (χ0n) is 12.8. The van der Waals surface area contributed by atoms with E-state index in [-0.39, 0.29) is 12.1 Å². The number of aromatic nitrogens is 5. The number of anilines is 1. The second kappa shape index (κ2) is 6.26. The van der Waals surface area contributed by atoms with E-state index in [9.17, 15) is 0 Å². The SMILES string of the molecule is CCNc1nc(OC(C)C)nc(-n2nc(C)c(Cl)c2C)n1. The fraction of sp³-hybridized carbons (Fsp3) is 0.538. The van der Waals surface area contributed by atoms with Gasteiger partial charge < -0.3 is 10.1 Å². The number of halogens is 1. The second-order valence-electron chi connectivity index (χ2n) is 4.84. The van der Waals surface area contributed by atoms with Gasteiger partial charge in [0.25, 0.3) is 5.95 Å². The minimum Gasteiger partial charge on any atom is -0.461 e. The van der Waals surface area contributed by atoms with E-state index in [2.05, 4.69) is 25.4 Å². The lowest BCUT2D eigenvalue weighted by atomic mass is 10.4. The molecular weight excluding hydrogens is 292 g/mol. The summed E-state index contributed by atoms with van der Waals surface area (Å²) in [6.07, 6.45) is -0.0289. The van der Waals surface area contributed by atoms with Crippen molar-refractivity contribution in [2.24, 2.45) is 0 Å². The zero-order valence-corrected chi connectivity index (χ0v) is 13.6. The average Bonchev–Trinajstić information content (AvgIpc) is 2.66. The van der Waals surface area contributed by atoms with Crippen LogP contribution in [0.2, 0.25) is 5.02 Å². The van der Waals surface area contributed by atoms with Crippen LogP contribution >= 0.6 is 11.6 Å². The molecule has 0 radical (unpaired) electrons. The third-order valence-electron chi connectivity index (χ3n) is 2.67. The lowest BCUT2D eigenvalue weighted by molar-refractivity contribution is 0.221. The van der Waals surface area contributed by atoms with Gasteiger partial charge in [0, 0.05) is 6.54 Å². The zero-order chi connectivity index (χ0) is 15.6. The van der Waals surface area contributed by atoms with Crippen LogP contribution in [0.3, 0.4) is 0 Å². The Morgan fingerprint density at radius 1 is 1.24 bits per heavy atom. The molecule has 0 saturated heterocycles. The molecule has 7 nitrogen and oxygen atoms in total. The number of hydrogen-bond acceptors (Lipinski definition) is 6. The smallest absolute Gasteiger partial charge is 0.323 e. The van der Waals surface area contributed by atoms with Gasteiger partial charge in [0.15, 0.2) is 0 Å². The van der Waals surface area contributed by atoms with Crippen LogP contribution in [0, 0.1) is 13.8 Å². The van der Waals surface area contributed by atoms with E-state index in [1.807, 2.05) is 34.6 Å². The summed E-state index contributed by atoms with van der Waals surface area (Å²) in [5, 5.41) is 8.01. The largest absolute Gasteiger partial charge is 0.461 e. The van der Waals surface area contributed by atoms with Crippen LogP contribution in [0.4, 0.5) is 5.95 Å². The number of aryl methyl sites for hydroxylation is 1. The first-order chi connectivity index (χ1) is 9.92. The van der Waals surface area contributed by atoms with Crippen molar-refractivity contribution in [3.05, 3.63) is 16.4 Å². The molecule has 2 aromatic rings. The third-order valence-corrected chi connectivity index (χ3v) is 3.22. The molecule has 2 heterocycles. The molecule has 0 aliphatic rings. The predicted octanol–water partition coefficient (Wildman–Crippen LogP) is 2.55. The summed E-state index contributed by atoms with van der Waals surface area (Å²) < 4.78 is 7.15. The summed E-state index contributed by atoms with van der Waals surface area (Å²) in [7, 11) is 0. The molecule has 0 spiro atoms. The predicted molar refractivity (Wildman–Crippen MR) is 81.4 cm³/mol. The Morgan fingerprint density at radius 2 is 1.95 bits per heavy atom. The van der Waals surface area contributed by atoms with E-state index in [1.54, 1.807) is 4.68 Å². The highest BCUT2D eigenvalue weighted by atomic mass is 35.5. The summed E-state index contributed by atoms with van der Waals surface area (Å²) >= 11 is 6.17. The highest BCUT2D eigenvalue weighted by Gasteiger charge is 2.16. The van der Waals surface area contributed by atoms with Gasteiger partial charge in [-0.05, 0) is 34.6 Å². The molecule has 0 aromatic carbocycles. The number of ether oxygens (including phenoxy) is 1. The molecule has 0 atom stereocenters. The molecule has 0 amide bonds. The fourth-order valence-corrected chi connectivity index (χ4v) is 1.88. The van der Waals surface area contributed by atoms with Crippen molar-refractivity contribution in [1.82, 2.24) is 24.7 Å². The Balaban J connectivity index is 2.50.